The first-order valence-electron chi connectivity index (χ1n) is 11.5. The van der Waals surface area contributed by atoms with Gasteiger partial charge in [-0.15, -0.1) is 0 Å². The Labute approximate surface area is 188 Å². The normalized spacial score (nSPS) is 14.7. The van der Waals surface area contributed by atoms with E-state index in [1.165, 1.54) is 16.7 Å². The lowest BCUT2D eigenvalue weighted by Crippen LogP contribution is -2.42. The third kappa shape index (κ3) is 3.81. The largest absolute Gasteiger partial charge is 0.342 e. The maximum absolute atomic E-state index is 13.0. The number of benzene rings is 2. The number of nitrogens with zero attached hydrogens (tertiary/aromatic N) is 3. The summed E-state index contributed by atoms with van der Waals surface area (Å²) < 4.78 is 1.90. The number of hydrogen-bond acceptors (Lipinski definition) is 3. The predicted octanol–water partition coefficient (Wildman–Crippen LogP) is 3.24. The van der Waals surface area contributed by atoms with Crippen LogP contribution in [-0.2, 0) is 37.0 Å². The molecule has 0 atom stereocenters. The van der Waals surface area contributed by atoms with Gasteiger partial charge in [-0.25, -0.2) is 4.68 Å². The summed E-state index contributed by atoms with van der Waals surface area (Å²) in [7, 11) is 0. The molecule has 1 aliphatic carbocycles. The van der Waals surface area contributed by atoms with Crippen LogP contribution in [0.1, 0.15) is 51.8 Å². The summed E-state index contributed by atoms with van der Waals surface area (Å²) in [6.45, 7) is 3.41. The molecule has 3 aromatic rings. The maximum atomic E-state index is 13.0. The number of hydrogen-bond donors (Lipinski definition) is 1. The van der Waals surface area contributed by atoms with Gasteiger partial charge < -0.3 is 10.2 Å². The van der Waals surface area contributed by atoms with Gasteiger partial charge in [0.2, 0.25) is 5.91 Å². The quantitative estimate of drug-likeness (QED) is 0.678. The SMILES string of the molecule is CCc1ccc(-n2nc(C(=O)NCC(=O)N3CCc4ccccc4C3)c3c2CCC3)cc1. The predicted molar refractivity (Wildman–Crippen MR) is 123 cm³/mol. The van der Waals surface area contributed by atoms with Gasteiger partial charge in [-0.05, 0) is 60.9 Å². The fourth-order valence-corrected chi connectivity index (χ4v) is 4.77. The molecule has 0 unspecified atom stereocenters. The fourth-order valence-electron chi connectivity index (χ4n) is 4.77. The summed E-state index contributed by atoms with van der Waals surface area (Å²) in [6, 6.07) is 16.5. The molecule has 2 heterocycles. The van der Waals surface area contributed by atoms with E-state index < -0.39 is 0 Å². The average molecular weight is 429 g/mol. The minimum absolute atomic E-state index is 0.00612. The first-order valence-corrected chi connectivity index (χ1v) is 11.5. The van der Waals surface area contributed by atoms with Crippen LogP contribution in [0.15, 0.2) is 48.5 Å². The van der Waals surface area contributed by atoms with Crippen molar-refractivity contribution in [2.24, 2.45) is 0 Å². The number of amides is 2. The highest BCUT2D eigenvalue weighted by Crippen LogP contribution is 2.28. The van der Waals surface area contributed by atoms with Crippen molar-refractivity contribution < 1.29 is 9.59 Å². The first-order chi connectivity index (χ1) is 15.6. The first kappa shape index (κ1) is 20.5. The zero-order chi connectivity index (χ0) is 22.1. The van der Waals surface area contributed by atoms with E-state index in [1.54, 1.807) is 0 Å². The second-order valence-corrected chi connectivity index (χ2v) is 8.58. The van der Waals surface area contributed by atoms with Gasteiger partial charge >= 0.3 is 0 Å². The summed E-state index contributed by atoms with van der Waals surface area (Å²) in [5.41, 5.74) is 7.31. The van der Waals surface area contributed by atoms with Crippen LogP contribution in [0.5, 0.6) is 0 Å². The van der Waals surface area contributed by atoms with Gasteiger partial charge in [0, 0.05) is 24.3 Å². The van der Waals surface area contributed by atoms with Crippen LogP contribution >= 0.6 is 0 Å². The zero-order valence-electron chi connectivity index (χ0n) is 18.4. The highest BCUT2D eigenvalue weighted by atomic mass is 16.2. The van der Waals surface area contributed by atoms with Gasteiger partial charge in [-0.3, -0.25) is 9.59 Å². The van der Waals surface area contributed by atoms with Crippen LogP contribution in [0.25, 0.3) is 5.69 Å². The number of fused-ring (bicyclic) bond motifs is 2. The van der Waals surface area contributed by atoms with Crippen molar-refractivity contribution in [3.05, 3.63) is 82.2 Å². The van der Waals surface area contributed by atoms with Crippen molar-refractivity contribution in [2.75, 3.05) is 13.1 Å². The lowest BCUT2D eigenvalue weighted by Gasteiger charge is -2.28. The van der Waals surface area contributed by atoms with Gasteiger partial charge in [-0.1, -0.05) is 43.3 Å². The van der Waals surface area contributed by atoms with E-state index in [-0.39, 0.29) is 18.4 Å². The number of carbonyl (C=O) groups is 2. The Morgan fingerprint density at radius 2 is 1.78 bits per heavy atom. The van der Waals surface area contributed by atoms with E-state index in [0.29, 0.717) is 18.8 Å². The second-order valence-electron chi connectivity index (χ2n) is 8.58. The van der Waals surface area contributed by atoms with Crippen LogP contribution in [-0.4, -0.2) is 39.6 Å². The third-order valence-electron chi connectivity index (χ3n) is 6.62. The molecule has 2 aromatic carbocycles. The molecule has 2 aliphatic rings. The van der Waals surface area contributed by atoms with Crippen molar-refractivity contribution in [3.63, 3.8) is 0 Å². The van der Waals surface area contributed by atoms with E-state index in [0.717, 1.165) is 49.0 Å². The van der Waals surface area contributed by atoms with Crippen molar-refractivity contribution in [3.8, 4) is 5.69 Å². The van der Waals surface area contributed by atoms with Gasteiger partial charge in [0.15, 0.2) is 5.69 Å². The van der Waals surface area contributed by atoms with E-state index in [9.17, 15) is 9.59 Å². The maximum Gasteiger partial charge on any atom is 0.272 e. The number of rotatable bonds is 5. The standard InChI is InChI=1S/C26H28N4O2/c1-2-18-10-12-21(13-11-18)30-23-9-5-8-22(23)25(28-30)26(32)27-16-24(31)29-15-14-19-6-3-4-7-20(19)17-29/h3-4,6-7,10-13H,2,5,8-9,14-17H2,1H3,(H,27,32). The van der Waals surface area contributed by atoms with Crippen molar-refractivity contribution in [2.45, 2.75) is 45.6 Å². The van der Waals surface area contributed by atoms with Crippen LogP contribution in [0, 0.1) is 0 Å². The molecule has 1 aliphatic heterocycles. The molecule has 32 heavy (non-hydrogen) atoms. The summed E-state index contributed by atoms with van der Waals surface area (Å²) in [5, 5.41) is 7.48. The molecule has 0 radical (unpaired) electrons. The Balaban J connectivity index is 1.28. The number of carbonyl (C=O) groups excluding carboxylic acids is 2. The van der Waals surface area contributed by atoms with Crippen LogP contribution in [0.2, 0.25) is 0 Å². The Morgan fingerprint density at radius 1 is 1.00 bits per heavy atom. The van der Waals surface area contributed by atoms with Crippen LogP contribution < -0.4 is 5.32 Å². The second kappa shape index (κ2) is 8.61. The molecule has 0 saturated carbocycles. The fraction of sp³-hybridized carbons (Fsp3) is 0.346. The molecule has 6 heteroatoms. The molecule has 2 amide bonds. The van der Waals surface area contributed by atoms with Gasteiger partial charge in [0.1, 0.15) is 0 Å². The molecule has 0 spiro atoms. The third-order valence-corrected chi connectivity index (χ3v) is 6.62. The average Bonchev–Trinajstić information content (AvgIpc) is 3.45. The molecule has 0 saturated heterocycles. The number of nitrogens with one attached hydrogen (secondary N) is 1. The molecule has 164 valence electrons. The van der Waals surface area contributed by atoms with Gasteiger partial charge in [0.05, 0.1) is 12.2 Å². The van der Waals surface area contributed by atoms with Crippen molar-refractivity contribution in [1.82, 2.24) is 20.0 Å². The monoisotopic (exact) mass is 428 g/mol. The number of aryl methyl sites for hydroxylation is 1. The lowest BCUT2D eigenvalue weighted by molar-refractivity contribution is -0.131. The van der Waals surface area contributed by atoms with Gasteiger partial charge in [0.25, 0.3) is 5.91 Å². The van der Waals surface area contributed by atoms with Crippen molar-refractivity contribution in [1.29, 1.82) is 0 Å². The Hall–Kier alpha value is -3.41. The van der Waals surface area contributed by atoms with Crippen molar-refractivity contribution >= 4 is 11.8 Å². The molecule has 6 nitrogen and oxygen atoms in total. The topological polar surface area (TPSA) is 67.2 Å². The molecule has 0 bridgehead atoms. The van der Waals surface area contributed by atoms with Gasteiger partial charge in [-0.2, -0.15) is 5.10 Å². The molecule has 1 aromatic heterocycles. The highest BCUT2D eigenvalue weighted by molar-refractivity contribution is 5.96. The van der Waals surface area contributed by atoms with E-state index >= 15 is 0 Å². The van der Waals surface area contributed by atoms with E-state index in [2.05, 4.69) is 53.7 Å². The molecule has 1 N–H and O–H groups in total. The smallest absolute Gasteiger partial charge is 0.272 e. The van der Waals surface area contributed by atoms with E-state index in [1.807, 2.05) is 21.7 Å². The Kier molecular flexibility index (Phi) is 5.52. The lowest BCUT2D eigenvalue weighted by atomic mass is 10.00. The summed E-state index contributed by atoms with van der Waals surface area (Å²) >= 11 is 0. The summed E-state index contributed by atoms with van der Waals surface area (Å²) in [4.78, 5) is 27.5. The molecular weight excluding hydrogens is 400 g/mol. The number of aromatic nitrogens is 2. The summed E-state index contributed by atoms with van der Waals surface area (Å²) in [5.74, 6) is -0.322. The molecule has 0 fully saturated rings. The zero-order valence-corrected chi connectivity index (χ0v) is 18.4. The minimum Gasteiger partial charge on any atom is -0.342 e. The van der Waals surface area contributed by atoms with Crippen LogP contribution in [0.3, 0.4) is 0 Å². The van der Waals surface area contributed by atoms with E-state index in [4.69, 9.17) is 0 Å². The van der Waals surface area contributed by atoms with Crippen LogP contribution in [0.4, 0.5) is 0 Å². The summed E-state index contributed by atoms with van der Waals surface area (Å²) in [6.07, 6.45) is 4.62. The molecular formula is C26H28N4O2. The Morgan fingerprint density at radius 3 is 2.56 bits per heavy atom. The molecule has 5 rings (SSSR count). The Bertz CT molecular complexity index is 1160. The highest BCUT2D eigenvalue weighted by Gasteiger charge is 2.28. The minimum atomic E-state index is -0.266.